The van der Waals surface area contributed by atoms with E-state index in [-0.39, 0.29) is 48.7 Å². The van der Waals surface area contributed by atoms with Crippen molar-refractivity contribution in [2.75, 3.05) is 0 Å². The van der Waals surface area contributed by atoms with Gasteiger partial charge in [0, 0.05) is 12.8 Å². The first kappa shape index (κ1) is 24.6. The Labute approximate surface area is 136 Å². The molecule has 0 aromatic carbocycles. The Morgan fingerprint density at radius 1 is 0.714 bits per heavy atom. The third-order valence-electron chi connectivity index (χ3n) is 1.97. The second-order valence-electron chi connectivity index (χ2n) is 3.75. The fourth-order valence-corrected chi connectivity index (χ4v) is 0.805. The second-order valence-corrected chi connectivity index (χ2v) is 3.75. The molecule has 0 heterocycles. The van der Waals surface area contributed by atoms with Crippen LogP contribution in [0.1, 0.15) is 25.7 Å². The summed E-state index contributed by atoms with van der Waals surface area (Å²) in [7, 11) is 0. The van der Waals surface area contributed by atoms with Gasteiger partial charge in [0.25, 0.3) is 0 Å². The summed E-state index contributed by atoms with van der Waals surface area (Å²) in [6, 6.07) is -2.12. The SMILES string of the molecule is N[C@@H](CCC(=O)O)C(=O)O.N[C@@H](CCC(=O)O)C(=O)O.[Mg+2]. The van der Waals surface area contributed by atoms with Crippen molar-refractivity contribution in [1.82, 2.24) is 0 Å². The van der Waals surface area contributed by atoms with E-state index in [0.717, 1.165) is 0 Å². The van der Waals surface area contributed by atoms with Crippen molar-refractivity contribution >= 4 is 46.9 Å². The van der Waals surface area contributed by atoms with Crippen molar-refractivity contribution in [2.45, 2.75) is 37.8 Å². The summed E-state index contributed by atoms with van der Waals surface area (Å²) < 4.78 is 0. The number of hydrogen-bond acceptors (Lipinski definition) is 6. The van der Waals surface area contributed by atoms with Gasteiger partial charge in [0.1, 0.15) is 12.1 Å². The van der Waals surface area contributed by atoms with Crippen molar-refractivity contribution in [1.29, 1.82) is 0 Å². The summed E-state index contributed by atoms with van der Waals surface area (Å²) in [5, 5.41) is 32.5. The largest absolute Gasteiger partial charge is 2.00 e. The van der Waals surface area contributed by atoms with Crippen LogP contribution in [0.2, 0.25) is 0 Å². The maximum absolute atomic E-state index is 9.99. The smallest absolute Gasteiger partial charge is 0.481 e. The number of rotatable bonds is 8. The molecule has 0 rings (SSSR count). The zero-order valence-electron chi connectivity index (χ0n) is 11.3. The van der Waals surface area contributed by atoms with Crippen LogP contribution in [0.15, 0.2) is 0 Å². The maximum Gasteiger partial charge on any atom is 2.00 e. The molecule has 0 saturated heterocycles. The molecule has 0 aromatic rings. The first-order chi connectivity index (χ1) is 9.07. The minimum absolute atomic E-state index is 0. The molecule has 0 aliphatic heterocycles. The zero-order valence-corrected chi connectivity index (χ0v) is 12.7. The average molecular weight is 319 g/mol. The molecule has 0 aliphatic carbocycles. The van der Waals surface area contributed by atoms with E-state index in [1.165, 1.54) is 0 Å². The molecule has 0 bridgehead atoms. The monoisotopic (exact) mass is 318 g/mol. The van der Waals surface area contributed by atoms with Crippen LogP contribution in [0.4, 0.5) is 0 Å². The molecule has 0 unspecified atom stereocenters. The predicted octanol–water partition coefficient (Wildman–Crippen LogP) is -1.85. The van der Waals surface area contributed by atoms with E-state index in [1.807, 2.05) is 0 Å². The summed E-state index contributed by atoms with van der Waals surface area (Å²) in [5.74, 6) is -4.39. The normalized spacial score (nSPS) is 11.9. The second kappa shape index (κ2) is 13.5. The van der Waals surface area contributed by atoms with Crippen LogP contribution in [-0.2, 0) is 19.2 Å². The van der Waals surface area contributed by atoms with Crippen LogP contribution in [-0.4, -0.2) is 79.4 Å². The quantitative estimate of drug-likeness (QED) is 0.275. The predicted molar refractivity (Wildman–Crippen MR) is 70.7 cm³/mol. The summed E-state index contributed by atoms with van der Waals surface area (Å²) in [6.07, 6.45) is -0.448. The minimum Gasteiger partial charge on any atom is -0.481 e. The summed E-state index contributed by atoms with van der Waals surface area (Å²) >= 11 is 0. The molecule has 8 N–H and O–H groups in total. The molecule has 0 radical (unpaired) electrons. The molecule has 0 fully saturated rings. The van der Waals surface area contributed by atoms with Crippen LogP contribution in [0.5, 0.6) is 0 Å². The summed E-state index contributed by atoms with van der Waals surface area (Å²) in [5.41, 5.74) is 10.0. The third-order valence-corrected chi connectivity index (χ3v) is 1.97. The van der Waals surface area contributed by atoms with Crippen molar-refractivity contribution in [3.63, 3.8) is 0 Å². The summed E-state index contributed by atoms with van der Waals surface area (Å²) in [6.45, 7) is 0. The van der Waals surface area contributed by atoms with Gasteiger partial charge in [-0.2, -0.15) is 0 Å². The van der Waals surface area contributed by atoms with E-state index in [0.29, 0.717) is 0 Å². The number of nitrogens with two attached hydrogens (primary N) is 2. The van der Waals surface area contributed by atoms with Gasteiger partial charge >= 0.3 is 46.9 Å². The van der Waals surface area contributed by atoms with Crippen LogP contribution in [0.3, 0.4) is 0 Å². The van der Waals surface area contributed by atoms with E-state index in [1.54, 1.807) is 0 Å². The first-order valence-corrected chi connectivity index (χ1v) is 5.48. The Balaban J connectivity index is -0.000000295. The summed E-state index contributed by atoms with van der Waals surface area (Å²) in [4.78, 5) is 39.7. The number of hydrogen-bond donors (Lipinski definition) is 6. The van der Waals surface area contributed by atoms with E-state index < -0.39 is 36.0 Å². The Hall–Kier alpha value is -1.43. The molecular weight excluding hydrogens is 300 g/mol. The van der Waals surface area contributed by atoms with Crippen LogP contribution in [0.25, 0.3) is 0 Å². The molecule has 2 atom stereocenters. The number of carboxylic acids is 4. The van der Waals surface area contributed by atoms with E-state index in [9.17, 15) is 19.2 Å². The van der Waals surface area contributed by atoms with E-state index >= 15 is 0 Å². The molecule has 0 aromatic heterocycles. The van der Waals surface area contributed by atoms with Gasteiger partial charge < -0.3 is 31.9 Å². The van der Waals surface area contributed by atoms with Gasteiger partial charge in [-0.3, -0.25) is 19.2 Å². The van der Waals surface area contributed by atoms with Crippen molar-refractivity contribution < 1.29 is 39.6 Å². The molecule has 0 spiro atoms. The minimum atomic E-state index is -1.17. The van der Waals surface area contributed by atoms with Crippen molar-refractivity contribution in [3.8, 4) is 0 Å². The third kappa shape index (κ3) is 18.6. The van der Waals surface area contributed by atoms with Crippen LogP contribution in [0, 0.1) is 0 Å². The zero-order chi connectivity index (χ0) is 16.3. The Bertz CT molecular complexity index is 329. The fraction of sp³-hybridized carbons (Fsp3) is 0.600. The molecule has 0 saturated carbocycles. The van der Waals surface area contributed by atoms with Gasteiger partial charge in [0.05, 0.1) is 0 Å². The van der Waals surface area contributed by atoms with Gasteiger partial charge in [0.2, 0.25) is 0 Å². The molecule has 0 amide bonds. The van der Waals surface area contributed by atoms with Gasteiger partial charge in [-0.15, -0.1) is 0 Å². The van der Waals surface area contributed by atoms with E-state index in [4.69, 9.17) is 31.9 Å². The maximum atomic E-state index is 9.99. The molecule has 11 heteroatoms. The number of carboxylic acid groups (broad SMARTS) is 4. The van der Waals surface area contributed by atoms with Gasteiger partial charge in [-0.1, -0.05) is 0 Å². The van der Waals surface area contributed by atoms with Gasteiger partial charge in [-0.25, -0.2) is 0 Å². The molecule has 10 nitrogen and oxygen atoms in total. The molecular formula is C10H18MgN2O8+2. The van der Waals surface area contributed by atoms with Crippen molar-refractivity contribution in [2.24, 2.45) is 11.5 Å². The average Bonchev–Trinajstić information content (AvgIpc) is 2.33. The Morgan fingerprint density at radius 2 is 0.952 bits per heavy atom. The number of carbonyl (C=O) groups is 4. The fourth-order valence-electron chi connectivity index (χ4n) is 0.805. The van der Waals surface area contributed by atoms with Crippen LogP contribution >= 0.6 is 0 Å². The van der Waals surface area contributed by atoms with Gasteiger partial charge in [-0.05, 0) is 12.8 Å². The molecule has 0 aliphatic rings. The van der Waals surface area contributed by atoms with Gasteiger partial charge in [0.15, 0.2) is 0 Å². The first-order valence-electron chi connectivity index (χ1n) is 5.48. The Kier molecular flexibility index (Phi) is 15.9. The Morgan fingerprint density at radius 3 is 1.10 bits per heavy atom. The standard InChI is InChI=1S/2C5H9NO4.Mg/c2*6-3(5(9)10)1-2-4(7)8;/h2*3H,1-2,6H2,(H,7,8)(H,9,10);/q;;+2/t2*3-;/m00./s1. The molecule has 21 heavy (non-hydrogen) atoms. The van der Waals surface area contributed by atoms with Crippen molar-refractivity contribution in [3.05, 3.63) is 0 Å². The topological polar surface area (TPSA) is 201 Å². The molecule has 116 valence electrons. The van der Waals surface area contributed by atoms with Crippen LogP contribution < -0.4 is 11.5 Å². The number of aliphatic carboxylic acids is 4. The van der Waals surface area contributed by atoms with E-state index in [2.05, 4.69) is 0 Å².